The van der Waals surface area contributed by atoms with E-state index in [1.807, 2.05) is 54.3 Å². The van der Waals surface area contributed by atoms with Crippen molar-refractivity contribution in [3.63, 3.8) is 0 Å². The van der Waals surface area contributed by atoms with Crippen molar-refractivity contribution in [3.05, 3.63) is 96.2 Å². The van der Waals surface area contributed by atoms with E-state index in [1.54, 1.807) is 7.11 Å². The zero-order valence-corrected chi connectivity index (χ0v) is 19.7. The maximum Gasteiger partial charge on any atom is 0.263 e. The predicted molar refractivity (Wildman–Crippen MR) is 135 cm³/mol. The van der Waals surface area contributed by atoms with Gasteiger partial charge in [-0.1, -0.05) is 48.5 Å². The Bertz CT molecular complexity index is 1280. The van der Waals surface area contributed by atoms with Crippen molar-refractivity contribution in [1.29, 1.82) is 0 Å². The smallest absolute Gasteiger partial charge is 0.263 e. The number of fused-ring (bicyclic) bond motifs is 1. The summed E-state index contributed by atoms with van der Waals surface area (Å²) in [5, 5.41) is 1.26. The van der Waals surface area contributed by atoms with Gasteiger partial charge in [-0.3, -0.25) is 4.79 Å². The van der Waals surface area contributed by atoms with E-state index in [-0.39, 0.29) is 5.91 Å². The summed E-state index contributed by atoms with van der Waals surface area (Å²) in [6.07, 6.45) is 2.72. The molecule has 1 aromatic heterocycles. The molecule has 5 nitrogen and oxygen atoms in total. The molecule has 1 aliphatic rings. The van der Waals surface area contributed by atoms with Crippen molar-refractivity contribution in [1.82, 2.24) is 9.47 Å². The van der Waals surface area contributed by atoms with Crippen LogP contribution in [0.5, 0.6) is 11.5 Å². The Kier molecular flexibility index (Phi) is 6.26. The molecule has 4 aromatic rings. The molecule has 0 spiro atoms. The van der Waals surface area contributed by atoms with Crippen LogP contribution < -0.4 is 9.47 Å². The summed E-state index contributed by atoms with van der Waals surface area (Å²) in [6.45, 7) is 4.08. The zero-order valence-electron chi connectivity index (χ0n) is 19.7. The molecule has 0 aliphatic carbocycles. The topological polar surface area (TPSA) is 43.7 Å². The summed E-state index contributed by atoms with van der Waals surface area (Å²) in [6, 6.07) is 26.3. The van der Waals surface area contributed by atoms with Gasteiger partial charge >= 0.3 is 0 Å². The Morgan fingerprint density at radius 2 is 1.76 bits per heavy atom. The van der Waals surface area contributed by atoms with Crippen molar-refractivity contribution >= 4 is 16.8 Å². The number of hydrogen-bond acceptors (Lipinski definition) is 3. The molecular formula is C29H30N2O3. The third-order valence-corrected chi connectivity index (χ3v) is 6.65. The Morgan fingerprint density at radius 1 is 1.00 bits per heavy atom. The van der Waals surface area contributed by atoms with E-state index >= 15 is 0 Å². The van der Waals surface area contributed by atoms with Crippen LogP contribution in [0.2, 0.25) is 0 Å². The monoisotopic (exact) mass is 454 g/mol. The predicted octanol–water partition coefficient (Wildman–Crippen LogP) is 5.48. The normalized spacial score (nSPS) is 16.5. The van der Waals surface area contributed by atoms with Crippen molar-refractivity contribution < 1.29 is 14.3 Å². The standard InChI is InChI=1S/C29H30N2O3/c1-21(34-24-10-4-3-5-11-24)29(32)30-16-15-23(19-30)27-20-31(28-14-7-6-13-26(27)28)18-22-9-8-12-25(17-22)33-2/h3-14,17,20-21,23H,15-16,18-19H2,1-2H3. The van der Waals surface area contributed by atoms with Gasteiger partial charge in [0.15, 0.2) is 6.10 Å². The van der Waals surface area contributed by atoms with Gasteiger partial charge in [0.25, 0.3) is 5.91 Å². The quantitative estimate of drug-likeness (QED) is 0.371. The Balaban J connectivity index is 1.34. The fourth-order valence-corrected chi connectivity index (χ4v) is 4.92. The Labute approximate surface area is 200 Å². The summed E-state index contributed by atoms with van der Waals surface area (Å²) in [5.41, 5.74) is 3.72. The van der Waals surface area contributed by atoms with Crippen LogP contribution in [0.4, 0.5) is 0 Å². The summed E-state index contributed by atoms with van der Waals surface area (Å²) < 4.78 is 13.6. The van der Waals surface area contributed by atoms with Gasteiger partial charge in [0.05, 0.1) is 7.11 Å². The van der Waals surface area contributed by atoms with Gasteiger partial charge in [-0.05, 0) is 54.8 Å². The molecule has 2 atom stereocenters. The maximum atomic E-state index is 13.1. The third kappa shape index (κ3) is 4.51. The SMILES string of the molecule is COc1cccc(Cn2cc(C3CCN(C(=O)C(C)Oc4ccccc4)C3)c3ccccc32)c1. The molecule has 3 aromatic carbocycles. The summed E-state index contributed by atoms with van der Waals surface area (Å²) in [4.78, 5) is 15.0. The molecule has 34 heavy (non-hydrogen) atoms. The van der Waals surface area contributed by atoms with E-state index in [9.17, 15) is 4.79 Å². The fourth-order valence-electron chi connectivity index (χ4n) is 4.92. The number of nitrogens with zero attached hydrogens (tertiary/aromatic N) is 2. The molecule has 174 valence electrons. The molecule has 1 saturated heterocycles. The highest BCUT2D eigenvalue weighted by Gasteiger charge is 2.32. The first kappa shape index (κ1) is 22.1. The number of likely N-dealkylation sites (tertiary alicyclic amines) is 1. The van der Waals surface area contributed by atoms with Gasteiger partial charge in [0.1, 0.15) is 11.5 Å². The van der Waals surface area contributed by atoms with E-state index in [2.05, 4.69) is 47.2 Å². The summed E-state index contributed by atoms with van der Waals surface area (Å²) in [5.74, 6) is 1.95. The van der Waals surface area contributed by atoms with Crippen molar-refractivity contribution in [2.75, 3.05) is 20.2 Å². The first-order valence-electron chi connectivity index (χ1n) is 11.8. The molecule has 0 bridgehead atoms. The Morgan fingerprint density at radius 3 is 2.59 bits per heavy atom. The number of amides is 1. The minimum absolute atomic E-state index is 0.0477. The highest BCUT2D eigenvalue weighted by molar-refractivity contribution is 5.85. The second-order valence-electron chi connectivity index (χ2n) is 8.92. The van der Waals surface area contributed by atoms with Crippen LogP contribution in [0.25, 0.3) is 10.9 Å². The van der Waals surface area contributed by atoms with Crippen molar-refractivity contribution in [3.8, 4) is 11.5 Å². The first-order valence-corrected chi connectivity index (χ1v) is 11.8. The number of benzene rings is 3. The number of carbonyl (C=O) groups excluding carboxylic acids is 1. The molecule has 2 unspecified atom stereocenters. The number of methoxy groups -OCH3 is 1. The maximum absolute atomic E-state index is 13.1. The van der Waals surface area contributed by atoms with E-state index in [0.717, 1.165) is 31.0 Å². The summed E-state index contributed by atoms with van der Waals surface area (Å²) in [7, 11) is 1.70. The lowest BCUT2D eigenvalue weighted by molar-refractivity contribution is -0.136. The number of ether oxygens (including phenoxy) is 2. The molecule has 1 amide bonds. The van der Waals surface area contributed by atoms with Crippen molar-refractivity contribution in [2.45, 2.75) is 31.9 Å². The van der Waals surface area contributed by atoms with E-state index in [0.29, 0.717) is 12.5 Å². The fraction of sp³-hybridized carbons (Fsp3) is 0.276. The van der Waals surface area contributed by atoms with Gasteiger partial charge in [-0.15, -0.1) is 0 Å². The first-order chi connectivity index (χ1) is 16.6. The number of para-hydroxylation sites is 2. The van der Waals surface area contributed by atoms with Gasteiger partial charge in [0.2, 0.25) is 0 Å². The molecule has 1 aliphatic heterocycles. The lowest BCUT2D eigenvalue weighted by atomic mass is 9.98. The molecule has 2 heterocycles. The lowest BCUT2D eigenvalue weighted by Crippen LogP contribution is -2.39. The lowest BCUT2D eigenvalue weighted by Gasteiger charge is -2.22. The average molecular weight is 455 g/mol. The second-order valence-corrected chi connectivity index (χ2v) is 8.92. The Hall–Kier alpha value is -3.73. The van der Waals surface area contributed by atoms with Gasteiger partial charge in [-0.2, -0.15) is 0 Å². The highest BCUT2D eigenvalue weighted by atomic mass is 16.5. The minimum Gasteiger partial charge on any atom is -0.497 e. The molecule has 5 rings (SSSR count). The number of rotatable bonds is 7. The number of carbonyl (C=O) groups is 1. The van der Waals surface area contributed by atoms with Crippen LogP contribution in [0.1, 0.15) is 30.4 Å². The third-order valence-electron chi connectivity index (χ3n) is 6.65. The van der Waals surface area contributed by atoms with Crippen LogP contribution in [0.3, 0.4) is 0 Å². The van der Waals surface area contributed by atoms with Gasteiger partial charge < -0.3 is 18.9 Å². The van der Waals surface area contributed by atoms with E-state index in [4.69, 9.17) is 9.47 Å². The average Bonchev–Trinajstić information content (AvgIpc) is 3.50. The van der Waals surface area contributed by atoms with Crippen LogP contribution >= 0.6 is 0 Å². The molecule has 0 N–H and O–H groups in total. The van der Waals surface area contributed by atoms with E-state index < -0.39 is 6.10 Å². The van der Waals surface area contributed by atoms with Crippen LogP contribution in [-0.2, 0) is 11.3 Å². The molecule has 5 heteroatoms. The zero-order chi connectivity index (χ0) is 23.5. The van der Waals surface area contributed by atoms with Crippen LogP contribution in [-0.4, -0.2) is 41.7 Å². The molecule has 1 fully saturated rings. The van der Waals surface area contributed by atoms with Gasteiger partial charge in [0, 0.05) is 42.7 Å². The largest absolute Gasteiger partial charge is 0.497 e. The summed E-state index contributed by atoms with van der Waals surface area (Å²) >= 11 is 0. The van der Waals surface area contributed by atoms with Crippen LogP contribution in [0.15, 0.2) is 85.1 Å². The number of hydrogen-bond donors (Lipinski definition) is 0. The minimum atomic E-state index is -0.504. The molecular weight excluding hydrogens is 424 g/mol. The van der Waals surface area contributed by atoms with Gasteiger partial charge in [-0.25, -0.2) is 0 Å². The molecule has 0 saturated carbocycles. The second kappa shape index (κ2) is 9.64. The van der Waals surface area contributed by atoms with Crippen LogP contribution in [0, 0.1) is 0 Å². The number of aromatic nitrogens is 1. The highest BCUT2D eigenvalue weighted by Crippen LogP contribution is 2.34. The van der Waals surface area contributed by atoms with Crippen molar-refractivity contribution in [2.24, 2.45) is 0 Å². The van der Waals surface area contributed by atoms with E-state index in [1.165, 1.54) is 22.0 Å². The molecule has 0 radical (unpaired) electrons.